The first-order valence-electron chi connectivity index (χ1n) is 2.51. The molecule has 1 nitrogen and oxygen atoms in total. The van der Waals surface area contributed by atoms with Crippen molar-refractivity contribution in [2.75, 3.05) is 0 Å². The Morgan fingerprint density at radius 2 is 2.33 bits per heavy atom. The van der Waals surface area contributed by atoms with Crippen molar-refractivity contribution in [3.05, 3.63) is 24.4 Å². The van der Waals surface area contributed by atoms with Crippen LogP contribution in [0.2, 0.25) is 0 Å². The van der Waals surface area contributed by atoms with E-state index in [2.05, 4.69) is 20.9 Å². The van der Waals surface area contributed by atoms with Gasteiger partial charge >= 0.3 is 0 Å². The highest BCUT2D eigenvalue weighted by Crippen LogP contribution is 2.03. The molecule has 1 unspecified atom stereocenters. The van der Waals surface area contributed by atoms with Gasteiger partial charge in [-0.25, -0.2) is 9.38 Å². The van der Waals surface area contributed by atoms with Crippen LogP contribution in [0.4, 0.5) is 4.39 Å². The molecule has 1 rings (SSSR count). The number of nitrogens with zero attached hydrogens (tertiary/aromatic N) is 1. The lowest BCUT2D eigenvalue weighted by molar-refractivity contribution is 0.469. The number of rotatable bonds is 0. The molecule has 0 saturated carbocycles. The van der Waals surface area contributed by atoms with Crippen molar-refractivity contribution >= 4 is 20.6 Å². The fourth-order valence-corrected chi connectivity index (χ4v) is 0.746. The lowest BCUT2D eigenvalue weighted by Gasteiger charge is -1.85. The molecular formula is C6H5BrFN. The number of allylic oxidation sites excluding steroid dienone is 3. The van der Waals surface area contributed by atoms with Gasteiger partial charge in [-0.15, -0.1) is 0 Å². The van der Waals surface area contributed by atoms with Crippen LogP contribution in [-0.2, 0) is 0 Å². The molecule has 0 aromatic heterocycles. The minimum absolute atomic E-state index is 0.652. The zero-order valence-corrected chi connectivity index (χ0v) is 6.18. The monoisotopic (exact) mass is 189 g/mol. The van der Waals surface area contributed by atoms with Gasteiger partial charge < -0.3 is 0 Å². The Balaban J connectivity index is 2.75. The van der Waals surface area contributed by atoms with Gasteiger partial charge in [0, 0.05) is 6.20 Å². The summed E-state index contributed by atoms with van der Waals surface area (Å²) in [6.07, 6.45) is 4.84. The van der Waals surface area contributed by atoms with E-state index >= 15 is 0 Å². The summed E-state index contributed by atoms with van der Waals surface area (Å²) in [5.74, 6) is 0. The number of hydrogen-bond acceptors (Lipinski definition) is 1. The van der Waals surface area contributed by atoms with Crippen molar-refractivity contribution in [1.82, 2.24) is 0 Å². The van der Waals surface area contributed by atoms with Gasteiger partial charge in [0.25, 0.3) is 0 Å². The van der Waals surface area contributed by atoms with Crippen molar-refractivity contribution in [3.8, 4) is 0 Å². The fraction of sp³-hybridized carbons (Fsp3) is 0.167. The first kappa shape index (κ1) is 6.68. The summed E-state index contributed by atoms with van der Waals surface area (Å²) in [6, 6.07) is 0. The first-order chi connectivity index (χ1) is 4.29. The number of aliphatic imine (C=N–C) groups is 1. The second-order valence-corrected chi connectivity index (χ2v) is 2.41. The molecule has 1 aliphatic heterocycles. The number of hydrogen-bond donors (Lipinski definition) is 0. The van der Waals surface area contributed by atoms with E-state index in [0.717, 1.165) is 0 Å². The van der Waals surface area contributed by atoms with Crippen LogP contribution >= 0.6 is 15.9 Å². The van der Waals surface area contributed by atoms with E-state index in [4.69, 9.17) is 0 Å². The Morgan fingerprint density at radius 1 is 1.56 bits per heavy atom. The van der Waals surface area contributed by atoms with Gasteiger partial charge in [0.2, 0.25) is 0 Å². The van der Waals surface area contributed by atoms with Gasteiger partial charge in [0.1, 0.15) is 10.8 Å². The summed E-state index contributed by atoms with van der Waals surface area (Å²) >= 11 is 3.11. The molecule has 0 amide bonds. The Kier molecular flexibility index (Phi) is 2.16. The first-order valence-corrected chi connectivity index (χ1v) is 3.30. The van der Waals surface area contributed by atoms with Gasteiger partial charge in [-0.3, -0.25) is 0 Å². The molecule has 0 aromatic rings. The number of alkyl halides is 1. The maximum absolute atomic E-state index is 12.3. The lowest BCUT2D eigenvalue weighted by Crippen LogP contribution is -1.85. The molecule has 0 aliphatic carbocycles. The maximum Gasteiger partial charge on any atom is 0.139 e. The van der Waals surface area contributed by atoms with Crippen LogP contribution in [0.15, 0.2) is 29.4 Å². The summed E-state index contributed by atoms with van der Waals surface area (Å²) < 4.78 is 13.0. The quantitative estimate of drug-likeness (QED) is 0.555. The zero-order chi connectivity index (χ0) is 6.69. The normalized spacial score (nSPS) is 25.6. The third-order valence-electron chi connectivity index (χ3n) is 0.885. The Hall–Kier alpha value is -0.440. The van der Waals surface area contributed by atoms with Crippen molar-refractivity contribution in [3.63, 3.8) is 0 Å². The molecule has 48 valence electrons. The molecule has 1 atom stereocenters. The Labute approximate surface area is 61.1 Å². The smallest absolute Gasteiger partial charge is 0.139 e. The average molecular weight is 190 g/mol. The van der Waals surface area contributed by atoms with E-state index in [0.29, 0.717) is 4.62 Å². The molecule has 9 heavy (non-hydrogen) atoms. The van der Waals surface area contributed by atoms with Crippen LogP contribution in [0.5, 0.6) is 0 Å². The second-order valence-electron chi connectivity index (χ2n) is 1.60. The molecule has 0 bridgehead atoms. The molecule has 0 spiro atoms. The molecule has 0 saturated heterocycles. The van der Waals surface area contributed by atoms with E-state index in [1.54, 1.807) is 6.08 Å². The number of halogens is 2. The highest BCUT2D eigenvalue weighted by Gasteiger charge is 1.96. The molecule has 0 fully saturated rings. The van der Waals surface area contributed by atoms with Gasteiger partial charge in [-0.2, -0.15) is 0 Å². The van der Waals surface area contributed by atoms with E-state index in [-0.39, 0.29) is 0 Å². The summed E-state index contributed by atoms with van der Waals surface area (Å²) in [5.41, 5.74) is 0. The highest BCUT2D eigenvalue weighted by molar-refractivity contribution is 9.18. The molecule has 0 aromatic carbocycles. The van der Waals surface area contributed by atoms with Gasteiger partial charge in [-0.05, 0) is 34.2 Å². The summed E-state index contributed by atoms with van der Waals surface area (Å²) in [4.78, 5) is 3.80. The predicted molar refractivity (Wildman–Crippen MR) is 39.5 cm³/mol. The van der Waals surface area contributed by atoms with E-state index in [9.17, 15) is 4.39 Å². The minimum Gasteiger partial charge on any atom is -0.250 e. The van der Waals surface area contributed by atoms with Crippen LogP contribution in [0.1, 0.15) is 0 Å². The predicted octanol–water partition coefficient (Wildman–Crippen LogP) is 2.20. The Bertz CT molecular complexity index is 183. The Morgan fingerprint density at radius 3 is 3.11 bits per heavy atom. The van der Waals surface area contributed by atoms with E-state index < -0.39 is 6.17 Å². The maximum atomic E-state index is 12.3. The molecule has 1 aliphatic rings. The standard InChI is InChI=1S/C6H5BrFN/c7-6-2-1-5(8)3-4-9-6/h1-5H. The third-order valence-corrected chi connectivity index (χ3v) is 1.35. The van der Waals surface area contributed by atoms with Crippen molar-refractivity contribution < 1.29 is 4.39 Å². The summed E-state index contributed by atoms with van der Waals surface area (Å²) in [7, 11) is 0. The molecular weight excluding hydrogens is 185 g/mol. The lowest BCUT2D eigenvalue weighted by atomic mass is 10.3. The van der Waals surface area contributed by atoms with Crippen molar-refractivity contribution in [2.24, 2.45) is 4.99 Å². The summed E-state index contributed by atoms with van der Waals surface area (Å²) in [6.45, 7) is 0. The SMILES string of the molecule is FC1C=CN=C(Br)C=C1. The third kappa shape index (κ3) is 2.10. The van der Waals surface area contributed by atoms with Crippen molar-refractivity contribution in [2.45, 2.75) is 6.17 Å². The largest absolute Gasteiger partial charge is 0.250 e. The minimum atomic E-state index is -0.996. The van der Waals surface area contributed by atoms with Gasteiger partial charge in [0.05, 0.1) is 0 Å². The van der Waals surface area contributed by atoms with Gasteiger partial charge in [0.15, 0.2) is 0 Å². The summed E-state index contributed by atoms with van der Waals surface area (Å²) in [5, 5.41) is 0. The van der Waals surface area contributed by atoms with Crippen LogP contribution in [-0.4, -0.2) is 10.8 Å². The van der Waals surface area contributed by atoms with Crippen LogP contribution < -0.4 is 0 Å². The molecule has 0 N–H and O–H groups in total. The second kappa shape index (κ2) is 2.92. The fourth-order valence-electron chi connectivity index (χ4n) is 0.475. The van der Waals surface area contributed by atoms with Crippen LogP contribution in [0.3, 0.4) is 0 Å². The van der Waals surface area contributed by atoms with E-state index in [1.807, 2.05) is 0 Å². The topological polar surface area (TPSA) is 12.4 Å². The highest BCUT2D eigenvalue weighted by atomic mass is 79.9. The van der Waals surface area contributed by atoms with E-state index in [1.165, 1.54) is 18.4 Å². The molecule has 0 radical (unpaired) electrons. The molecule has 1 heterocycles. The van der Waals surface area contributed by atoms with Crippen LogP contribution in [0.25, 0.3) is 0 Å². The molecule has 3 heteroatoms. The zero-order valence-electron chi connectivity index (χ0n) is 4.59. The van der Waals surface area contributed by atoms with Crippen molar-refractivity contribution in [1.29, 1.82) is 0 Å². The van der Waals surface area contributed by atoms with Gasteiger partial charge in [-0.1, -0.05) is 0 Å². The average Bonchev–Trinajstić information content (AvgIpc) is 1.97. The van der Waals surface area contributed by atoms with Crippen LogP contribution in [0, 0.1) is 0 Å².